The van der Waals surface area contributed by atoms with Gasteiger partial charge in [-0.25, -0.2) is 15.0 Å². The summed E-state index contributed by atoms with van der Waals surface area (Å²) in [7, 11) is 1.86. The molecule has 0 saturated heterocycles. The second-order valence-corrected chi connectivity index (χ2v) is 6.05. The third-order valence-electron chi connectivity index (χ3n) is 4.27. The molecule has 4 aromatic rings. The second-order valence-electron chi connectivity index (χ2n) is 6.05. The van der Waals surface area contributed by atoms with Gasteiger partial charge < -0.3 is 10.3 Å². The molecular formula is C18H19N7O. The predicted molar refractivity (Wildman–Crippen MR) is 100 cm³/mol. The molecule has 1 aromatic carbocycles. The monoisotopic (exact) mass is 349 g/mol. The van der Waals surface area contributed by atoms with Crippen LogP contribution in [-0.4, -0.2) is 36.3 Å². The number of anilines is 1. The molecule has 0 bridgehead atoms. The lowest BCUT2D eigenvalue weighted by Gasteiger charge is -2.08. The summed E-state index contributed by atoms with van der Waals surface area (Å²) in [5.41, 5.74) is 1.39. The van der Waals surface area contributed by atoms with Gasteiger partial charge in [-0.3, -0.25) is 9.48 Å². The molecule has 3 aromatic heterocycles. The van der Waals surface area contributed by atoms with Crippen LogP contribution in [0.1, 0.15) is 18.6 Å². The molecule has 0 saturated carbocycles. The van der Waals surface area contributed by atoms with Gasteiger partial charge in [0, 0.05) is 26.4 Å². The van der Waals surface area contributed by atoms with E-state index in [1.54, 1.807) is 16.9 Å². The van der Waals surface area contributed by atoms with Gasteiger partial charge in [0.15, 0.2) is 5.65 Å². The fraction of sp³-hybridized carbons (Fsp3) is 0.278. The number of hydrogen-bond acceptors (Lipinski definition) is 6. The van der Waals surface area contributed by atoms with Crippen molar-refractivity contribution in [3.8, 4) is 0 Å². The number of aryl methyl sites for hydroxylation is 2. The molecule has 8 heteroatoms. The van der Waals surface area contributed by atoms with Crippen LogP contribution in [-0.2, 0) is 19.9 Å². The summed E-state index contributed by atoms with van der Waals surface area (Å²) in [6.07, 6.45) is 3.08. The molecule has 0 aliphatic rings. The van der Waals surface area contributed by atoms with Gasteiger partial charge in [0.05, 0.1) is 22.5 Å². The van der Waals surface area contributed by atoms with Crippen molar-refractivity contribution in [1.82, 2.24) is 29.7 Å². The van der Waals surface area contributed by atoms with Gasteiger partial charge in [0.2, 0.25) is 0 Å². The van der Waals surface area contributed by atoms with Gasteiger partial charge in [-0.2, -0.15) is 5.10 Å². The molecule has 0 aliphatic carbocycles. The van der Waals surface area contributed by atoms with Crippen LogP contribution >= 0.6 is 0 Å². The minimum Gasteiger partial charge on any atom is -0.369 e. The first-order chi connectivity index (χ1) is 12.7. The first-order valence-corrected chi connectivity index (χ1v) is 8.56. The number of nitrogens with zero attached hydrogens (tertiary/aromatic N) is 5. The Labute approximate surface area is 149 Å². The molecular weight excluding hydrogens is 330 g/mol. The highest BCUT2D eigenvalue weighted by Crippen LogP contribution is 2.19. The Morgan fingerprint density at radius 3 is 2.85 bits per heavy atom. The minimum absolute atomic E-state index is 0.115. The van der Waals surface area contributed by atoms with Crippen molar-refractivity contribution < 1.29 is 0 Å². The second kappa shape index (κ2) is 6.55. The lowest BCUT2D eigenvalue weighted by molar-refractivity contribution is 0.779. The molecule has 0 unspecified atom stereocenters. The van der Waals surface area contributed by atoms with Crippen molar-refractivity contribution in [1.29, 1.82) is 0 Å². The Morgan fingerprint density at radius 1 is 1.15 bits per heavy atom. The fourth-order valence-corrected chi connectivity index (χ4v) is 2.91. The summed E-state index contributed by atoms with van der Waals surface area (Å²) in [5, 5.41) is 9.06. The SMILES string of the molecule is CCc1nc(NCCc2nc3ccccc3c(=O)[nH]2)c2cnn(C)c2n1. The number of aromatic nitrogens is 6. The zero-order chi connectivity index (χ0) is 18.1. The minimum atomic E-state index is -0.115. The predicted octanol–water partition coefficient (Wildman–Crippen LogP) is 1.82. The highest BCUT2D eigenvalue weighted by atomic mass is 16.1. The van der Waals surface area contributed by atoms with E-state index in [9.17, 15) is 4.79 Å². The standard InChI is InChI=1S/C18H19N7O/c1-3-14-22-16(12-10-20-25(2)17(12)23-14)19-9-8-15-21-13-7-5-4-6-11(13)18(26)24-15/h4-7,10H,3,8-9H2,1-2H3,(H,19,22,23)(H,21,24,26). The summed E-state index contributed by atoms with van der Waals surface area (Å²) >= 11 is 0. The fourth-order valence-electron chi connectivity index (χ4n) is 2.91. The third-order valence-corrected chi connectivity index (χ3v) is 4.27. The van der Waals surface area contributed by atoms with E-state index in [-0.39, 0.29) is 5.56 Å². The van der Waals surface area contributed by atoms with Crippen LogP contribution in [0.15, 0.2) is 35.3 Å². The summed E-state index contributed by atoms with van der Waals surface area (Å²) in [6, 6.07) is 7.33. The van der Waals surface area contributed by atoms with E-state index < -0.39 is 0 Å². The highest BCUT2D eigenvalue weighted by molar-refractivity contribution is 5.86. The maximum atomic E-state index is 12.1. The zero-order valence-corrected chi connectivity index (χ0v) is 14.7. The highest BCUT2D eigenvalue weighted by Gasteiger charge is 2.11. The van der Waals surface area contributed by atoms with Crippen molar-refractivity contribution in [3.63, 3.8) is 0 Å². The number of nitrogens with one attached hydrogen (secondary N) is 2. The summed E-state index contributed by atoms with van der Waals surface area (Å²) < 4.78 is 1.74. The van der Waals surface area contributed by atoms with Crippen molar-refractivity contribution in [2.45, 2.75) is 19.8 Å². The summed E-state index contributed by atoms with van der Waals surface area (Å²) in [4.78, 5) is 28.6. The number of rotatable bonds is 5. The molecule has 26 heavy (non-hydrogen) atoms. The quantitative estimate of drug-likeness (QED) is 0.570. The Morgan fingerprint density at radius 2 is 2.00 bits per heavy atom. The van der Waals surface area contributed by atoms with Gasteiger partial charge in [-0.1, -0.05) is 19.1 Å². The van der Waals surface area contributed by atoms with Gasteiger partial charge in [-0.05, 0) is 12.1 Å². The van der Waals surface area contributed by atoms with Crippen LogP contribution in [0.5, 0.6) is 0 Å². The Balaban J connectivity index is 1.57. The summed E-state index contributed by atoms with van der Waals surface area (Å²) in [5.74, 6) is 2.16. The molecule has 4 rings (SSSR count). The lowest BCUT2D eigenvalue weighted by atomic mass is 10.2. The van der Waals surface area contributed by atoms with Crippen molar-refractivity contribution >= 4 is 27.8 Å². The largest absolute Gasteiger partial charge is 0.369 e. The summed E-state index contributed by atoms with van der Waals surface area (Å²) in [6.45, 7) is 2.61. The lowest BCUT2D eigenvalue weighted by Crippen LogP contribution is -2.15. The van der Waals surface area contributed by atoms with Crippen LogP contribution in [0.4, 0.5) is 5.82 Å². The topological polar surface area (TPSA) is 101 Å². The number of benzene rings is 1. The van der Waals surface area contributed by atoms with Crippen LogP contribution in [0.2, 0.25) is 0 Å². The molecule has 132 valence electrons. The number of H-pyrrole nitrogens is 1. The average molecular weight is 349 g/mol. The smallest absolute Gasteiger partial charge is 0.258 e. The van der Waals surface area contributed by atoms with E-state index in [2.05, 4.69) is 30.4 Å². The number of para-hydroxylation sites is 1. The van der Waals surface area contributed by atoms with Crippen molar-refractivity contribution in [2.24, 2.45) is 7.05 Å². The zero-order valence-electron chi connectivity index (χ0n) is 14.7. The molecule has 0 aliphatic heterocycles. The molecule has 0 radical (unpaired) electrons. The van der Waals surface area contributed by atoms with Crippen LogP contribution in [0.3, 0.4) is 0 Å². The van der Waals surface area contributed by atoms with E-state index >= 15 is 0 Å². The van der Waals surface area contributed by atoms with Gasteiger partial charge in [0.25, 0.3) is 5.56 Å². The normalized spacial score (nSPS) is 11.3. The van der Waals surface area contributed by atoms with E-state index in [0.29, 0.717) is 29.7 Å². The first-order valence-electron chi connectivity index (χ1n) is 8.56. The van der Waals surface area contributed by atoms with Crippen LogP contribution < -0.4 is 10.9 Å². The number of hydrogen-bond donors (Lipinski definition) is 2. The van der Waals surface area contributed by atoms with E-state index in [1.165, 1.54) is 0 Å². The maximum absolute atomic E-state index is 12.1. The molecule has 0 amide bonds. The molecule has 0 fully saturated rings. The third kappa shape index (κ3) is 2.90. The average Bonchev–Trinajstić information content (AvgIpc) is 3.03. The van der Waals surface area contributed by atoms with Crippen molar-refractivity contribution in [2.75, 3.05) is 11.9 Å². The molecule has 0 atom stereocenters. The van der Waals surface area contributed by atoms with Crippen molar-refractivity contribution in [3.05, 3.63) is 52.5 Å². The van der Waals surface area contributed by atoms with E-state index in [1.807, 2.05) is 32.2 Å². The first kappa shape index (κ1) is 16.2. The number of aromatic amines is 1. The molecule has 3 heterocycles. The Bertz CT molecular complexity index is 1150. The van der Waals surface area contributed by atoms with Gasteiger partial charge in [-0.15, -0.1) is 0 Å². The number of fused-ring (bicyclic) bond motifs is 2. The Hall–Kier alpha value is -3.29. The maximum Gasteiger partial charge on any atom is 0.258 e. The van der Waals surface area contributed by atoms with Crippen LogP contribution in [0, 0.1) is 0 Å². The molecule has 0 spiro atoms. The van der Waals surface area contributed by atoms with E-state index in [4.69, 9.17) is 0 Å². The molecule has 8 nitrogen and oxygen atoms in total. The van der Waals surface area contributed by atoms with E-state index in [0.717, 1.165) is 29.1 Å². The molecule has 2 N–H and O–H groups in total. The van der Waals surface area contributed by atoms with Gasteiger partial charge >= 0.3 is 0 Å². The van der Waals surface area contributed by atoms with Gasteiger partial charge in [0.1, 0.15) is 17.5 Å². The Kier molecular flexibility index (Phi) is 4.08. The van der Waals surface area contributed by atoms with Crippen LogP contribution in [0.25, 0.3) is 21.9 Å².